The molecular formula is C15H25N3. The molecule has 1 aliphatic carbocycles. The van der Waals surface area contributed by atoms with Gasteiger partial charge >= 0.3 is 0 Å². The first-order valence-corrected chi connectivity index (χ1v) is 7.14. The van der Waals surface area contributed by atoms with Gasteiger partial charge in [-0.1, -0.05) is 27.7 Å². The van der Waals surface area contributed by atoms with Crippen LogP contribution in [0.2, 0.25) is 0 Å². The normalized spacial score (nSPS) is 15.7. The first-order chi connectivity index (χ1) is 8.58. The Hall–Kier alpha value is -0.960. The van der Waals surface area contributed by atoms with Gasteiger partial charge in [0.25, 0.3) is 0 Å². The van der Waals surface area contributed by atoms with Crippen LogP contribution in [0.3, 0.4) is 0 Å². The SMILES string of the molecule is CC(C)CNCc1cnc(C2CC2)nc1C(C)C. The van der Waals surface area contributed by atoms with Crippen LogP contribution < -0.4 is 5.32 Å². The largest absolute Gasteiger partial charge is 0.312 e. The van der Waals surface area contributed by atoms with Crippen molar-refractivity contribution in [2.75, 3.05) is 6.54 Å². The van der Waals surface area contributed by atoms with Crippen molar-refractivity contribution in [1.82, 2.24) is 15.3 Å². The molecule has 0 atom stereocenters. The van der Waals surface area contributed by atoms with E-state index in [9.17, 15) is 0 Å². The second-order valence-electron chi connectivity index (χ2n) is 6.09. The Morgan fingerprint density at radius 2 is 2.00 bits per heavy atom. The number of nitrogens with one attached hydrogen (secondary N) is 1. The summed E-state index contributed by atoms with van der Waals surface area (Å²) in [5.74, 6) is 2.85. The van der Waals surface area contributed by atoms with Crippen LogP contribution in [0.15, 0.2) is 6.20 Å². The monoisotopic (exact) mass is 247 g/mol. The third kappa shape index (κ3) is 3.52. The fraction of sp³-hybridized carbons (Fsp3) is 0.733. The van der Waals surface area contributed by atoms with Crippen molar-refractivity contribution < 1.29 is 0 Å². The van der Waals surface area contributed by atoms with Crippen LogP contribution in [0.1, 0.15) is 69.5 Å². The summed E-state index contributed by atoms with van der Waals surface area (Å²) in [6.07, 6.45) is 4.56. The minimum absolute atomic E-state index is 0.473. The van der Waals surface area contributed by atoms with E-state index in [1.165, 1.54) is 24.1 Å². The summed E-state index contributed by atoms with van der Waals surface area (Å²) < 4.78 is 0. The Bertz CT molecular complexity index is 395. The third-order valence-corrected chi connectivity index (χ3v) is 3.27. The highest BCUT2D eigenvalue weighted by Crippen LogP contribution is 2.38. The van der Waals surface area contributed by atoms with Gasteiger partial charge in [0.1, 0.15) is 5.82 Å². The second-order valence-corrected chi connectivity index (χ2v) is 6.09. The Balaban J connectivity index is 2.07. The lowest BCUT2D eigenvalue weighted by atomic mass is 10.0. The average Bonchev–Trinajstić information content (AvgIpc) is 3.12. The molecule has 0 saturated heterocycles. The van der Waals surface area contributed by atoms with Gasteiger partial charge in [-0.3, -0.25) is 0 Å². The zero-order chi connectivity index (χ0) is 13.1. The van der Waals surface area contributed by atoms with E-state index in [1.807, 2.05) is 6.20 Å². The molecule has 1 aliphatic rings. The second kappa shape index (κ2) is 5.79. The average molecular weight is 247 g/mol. The quantitative estimate of drug-likeness (QED) is 0.838. The summed E-state index contributed by atoms with van der Waals surface area (Å²) in [6, 6.07) is 0. The number of hydrogen-bond acceptors (Lipinski definition) is 3. The van der Waals surface area contributed by atoms with Crippen molar-refractivity contribution in [2.24, 2.45) is 5.92 Å². The van der Waals surface area contributed by atoms with E-state index in [0.29, 0.717) is 17.8 Å². The van der Waals surface area contributed by atoms with Gasteiger partial charge in [-0.25, -0.2) is 9.97 Å². The van der Waals surface area contributed by atoms with Gasteiger partial charge in [0, 0.05) is 24.2 Å². The molecule has 0 unspecified atom stereocenters. The number of hydrogen-bond donors (Lipinski definition) is 1. The molecular weight excluding hydrogens is 222 g/mol. The van der Waals surface area contributed by atoms with Crippen LogP contribution in [0.25, 0.3) is 0 Å². The van der Waals surface area contributed by atoms with Crippen molar-refractivity contribution in [1.29, 1.82) is 0 Å². The van der Waals surface area contributed by atoms with Gasteiger partial charge in [-0.05, 0) is 31.2 Å². The maximum absolute atomic E-state index is 4.78. The molecule has 1 N–H and O–H groups in total. The first-order valence-electron chi connectivity index (χ1n) is 7.14. The maximum atomic E-state index is 4.78. The maximum Gasteiger partial charge on any atom is 0.131 e. The summed E-state index contributed by atoms with van der Waals surface area (Å²) in [5, 5.41) is 3.48. The minimum atomic E-state index is 0.473. The Morgan fingerprint density at radius 1 is 1.28 bits per heavy atom. The zero-order valence-electron chi connectivity index (χ0n) is 12.0. The minimum Gasteiger partial charge on any atom is -0.312 e. The Morgan fingerprint density at radius 3 is 2.56 bits per heavy atom. The predicted molar refractivity (Wildman–Crippen MR) is 74.6 cm³/mol. The van der Waals surface area contributed by atoms with Gasteiger partial charge in [-0.2, -0.15) is 0 Å². The van der Waals surface area contributed by atoms with Crippen molar-refractivity contribution in [3.63, 3.8) is 0 Å². The van der Waals surface area contributed by atoms with E-state index in [0.717, 1.165) is 18.9 Å². The lowest BCUT2D eigenvalue weighted by Gasteiger charge is -2.14. The van der Waals surface area contributed by atoms with Crippen LogP contribution in [0, 0.1) is 5.92 Å². The lowest BCUT2D eigenvalue weighted by molar-refractivity contribution is 0.547. The number of aromatic nitrogens is 2. The molecule has 1 fully saturated rings. The van der Waals surface area contributed by atoms with Crippen LogP contribution in [-0.4, -0.2) is 16.5 Å². The van der Waals surface area contributed by atoms with Crippen molar-refractivity contribution >= 4 is 0 Å². The lowest BCUT2D eigenvalue weighted by Crippen LogP contribution is -2.21. The van der Waals surface area contributed by atoms with Gasteiger partial charge in [0.05, 0.1) is 5.69 Å². The van der Waals surface area contributed by atoms with Crippen molar-refractivity contribution in [3.8, 4) is 0 Å². The van der Waals surface area contributed by atoms with E-state index in [2.05, 4.69) is 38.0 Å². The fourth-order valence-corrected chi connectivity index (χ4v) is 2.10. The summed E-state index contributed by atoms with van der Waals surface area (Å²) >= 11 is 0. The molecule has 1 saturated carbocycles. The molecule has 100 valence electrons. The van der Waals surface area contributed by atoms with E-state index in [4.69, 9.17) is 4.98 Å². The van der Waals surface area contributed by atoms with Crippen LogP contribution in [0.4, 0.5) is 0 Å². The van der Waals surface area contributed by atoms with Crippen molar-refractivity contribution in [3.05, 3.63) is 23.3 Å². The van der Waals surface area contributed by atoms with E-state index >= 15 is 0 Å². The Kier molecular flexibility index (Phi) is 4.33. The third-order valence-electron chi connectivity index (χ3n) is 3.27. The highest BCUT2D eigenvalue weighted by atomic mass is 14.9. The highest BCUT2D eigenvalue weighted by Gasteiger charge is 2.27. The summed E-state index contributed by atoms with van der Waals surface area (Å²) in [4.78, 5) is 9.31. The molecule has 0 aliphatic heterocycles. The van der Waals surface area contributed by atoms with Gasteiger partial charge in [-0.15, -0.1) is 0 Å². The summed E-state index contributed by atoms with van der Waals surface area (Å²) in [5.41, 5.74) is 2.48. The summed E-state index contributed by atoms with van der Waals surface area (Å²) in [6.45, 7) is 10.8. The predicted octanol–water partition coefficient (Wildman–Crippen LogP) is 3.22. The van der Waals surface area contributed by atoms with Crippen LogP contribution in [0.5, 0.6) is 0 Å². The Labute approximate surface area is 110 Å². The molecule has 2 rings (SSSR count). The highest BCUT2D eigenvalue weighted by molar-refractivity contribution is 5.22. The molecule has 0 radical (unpaired) electrons. The van der Waals surface area contributed by atoms with Crippen LogP contribution >= 0.6 is 0 Å². The first kappa shape index (κ1) is 13.5. The van der Waals surface area contributed by atoms with Gasteiger partial charge in [0.15, 0.2) is 0 Å². The number of rotatable bonds is 6. The van der Waals surface area contributed by atoms with Crippen LogP contribution in [-0.2, 0) is 6.54 Å². The van der Waals surface area contributed by atoms with E-state index in [-0.39, 0.29) is 0 Å². The molecule has 1 heterocycles. The van der Waals surface area contributed by atoms with Gasteiger partial charge < -0.3 is 5.32 Å². The zero-order valence-corrected chi connectivity index (χ0v) is 12.0. The van der Waals surface area contributed by atoms with E-state index in [1.54, 1.807) is 0 Å². The number of nitrogens with zero attached hydrogens (tertiary/aromatic N) is 2. The molecule has 0 spiro atoms. The molecule has 3 nitrogen and oxygen atoms in total. The fourth-order valence-electron chi connectivity index (χ4n) is 2.10. The topological polar surface area (TPSA) is 37.8 Å². The smallest absolute Gasteiger partial charge is 0.131 e. The molecule has 1 aromatic heterocycles. The molecule has 0 amide bonds. The molecule has 0 bridgehead atoms. The van der Waals surface area contributed by atoms with E-state index < -0.39 is 0 Å². The molecule has 0 aromatic carbocycles. The standard InChI is InChI=1S/C15H25N3/c1-10(2)7-16-8-13-9-17-15(12-5-6-12)18-14(13)11(3)4/h9-12,16H,5-8H2,1-4H3. The van der Waals surface area contributed by atoms with Crippen molar-refractivity contribution in [2.45, 2.75) is 58.9 Å². The molecule has 3 heteroatoms. The molecule has 1 aromatic rings. The van der Waals surface area contributed by atoms with Gasteiger partial charge in [0.2, 0.25) is 0 Å². The summed E-state index contributed by atoms with van der Waals surface area (Å²) in [7, 11) is 0. The molecule has 18 heavy (non-hydrogen) atoms.